The average Bonchev–Trinajstić information content (AvgIpc) is 2.86. The summed E-state index contributed by atoms with van der Waals surface area (Å²) < 4.78 is 25.2. The highest BCUT2D eigenvalue weighted by Gasteiger charge is 2.26. The van der Waals surface area contributed by atoms with E-state index in [4.69, 9.17) is 0 Å². The van der Waals surface area contributed by atoms with E-state index < -0.39 is 10.0 Å². The van der Waals surface area contributed by atoms with Gasteiger partial charge < -0.3 is 5.21 Å². The topological polar surface area (TPSA) is 95.8 Å². The van der Waals surface area contributed by atoms with Crippen molar-refractivity contribution < 1.29 is 13.6 Å². The fourth-order valence-electron chi connectivity index (χ4n) is 4.78. The molecule has 0 aliphatic carbocycles. The molecule has 7 nitrogen and oxygen atoms in total. The third-order valence-corrected chi connectivity index (χ3v) is 8.04. The lowest BCUT2D eigenvalue weighted by Gasteiger charge is -2.30. The van der Waals surface area contributed by atoms with E-state index in [2.05, 4.69) is 58.7 Å². The summed E-state index contributed by atoms with van der Waals surface area (Å²) in [5, 5.41) is 21.1. The maximum Gasteiger partial charge on any atom is 0.211 e. The van der Waals surface area contributed by atoms with Gasteiger partial charge in [-0.3, -0.25) is 0 Å². The Labute approximate surface area is 201 Å². The zero-order valence-electron chi connectivity index (χ0n) is 19.5. The van der Waals surface area contributed by atoms with E-state index in [9.17, 15) is 13.6 Å². The van der Waals surface area contributed by atoms with E-state index in [0.29, 0.717) is 31.1 Å². The van der Waals surface area contributed by atoms with Gasteiger partial charge in [-0.25, -0.2) is 12.7 Å². The molecule has 2 heterocycles. The van der Waals surface area contributed by atoms with Gasteiger partial charge in [-0.05, 0) is 54.0 Å². The predicted molar refractivity (Wildman–Crippen MR) is 133 cm³/mol. The van der Waals surface area contributed by atoms with Crippen LogP contribution in [0.15, 0.2) is 72.1 Å². The molecule has 3 aromatic rings. The first kappa shape index (κ1) is 24.0. The van der Waals surface area contributed by atoms with Crippen LogP contribution in [0.2, 0.25) is 0 Å². The van der Waals surface area contributed by atoms with Crippen LogP contribution in [-0.2, 0) is 10.0 Å². The molecular weight excluding hydrogens is 448 g/mol. The number of hydrogen-bond donors (Lipinski definition) is 1. The van der Waals surface area contributed by atoms with Crippen molar-refractivity contribution in [2.45, 2.75) is 38.0 Å². The van der Waals surface area contributed by atoms with Gasteiger partial charge in [-0.1, -0.05) is 53.7 Å². The minimum absolute atomic E-state index is 0.00129. The summed E-state index contributed by atoms with van der Waals surface area (Å²) >= 11 is 0. The molecule has 1 unspecified atom stereocenters. The highest BCUT2D eigenvalue weighted by Crippen LogP contribution is 2.34. The molecule has 8 heteroatoms. The van der Waals surface area contributed by atoms with Crippen molar-refractivity contribution in [3.63, 3.8) is 0 Å². The Morgan fingerprint density at radius 1 is 1.09 bits per heavy atom. The number of aromatic nitrogens is 2. The van der Waals surface area contributed by atoms with E-state index in [0.717, 1.165) is 24.0 Å². The predicted octanol–water partition coefficient (Wildman–Crippen LogP) is 4.32. The van der Waals surface area contributed by atoms with Crippen molar-refractivity contribution in [1.29, 1.82) is 0 Å². The molecule has 2 aromatic carbocycles. The maximum atomic E-state index is 11.8. The van der Waals surface area contributed by atoms with Crippen molar-refractivity contribution in [1.82, 2.24) is 14.5 Å². The molecule has 1 saturated heterocycles. The molecule has 0 spiro atoms. The van der Waals surface area contributed by atoms with Crippen LogP contribution in [-0.4, -0.2) is 53.2 Å². The van der Waals surface area contributed by atoms with Crippen molar-refractivity contribution in [3.8, 4) is 0 Å². The van der Waals surface area contributed by atoms with Crippen molar-refractivity contribution in [2.75, 3.05) is 19.3 Å². The van der Waals surface area contributed by atoms with Gasteiger partial charge in [0.15, 0.2) is 0 Å². The summed E-state index contributed by atoms with van der Waals surface area (Å²) in [6.07, 6.45) is 6.63. The van der Waals surface area contributed by atoms with Crippen LogP contribution in [0.4, 0.5) is 0 Å². The van der Waals surface area contributed by atoms with Crippen LogP contribution in [0.1, 0.15) is 58.9 Å². The Morgan fingerprint density at radius 2 is 1.79 bits per heavy atom. The van der Waals surface area contributed by atoms with Gasteiger partial charge in [-0.2, -0.15) is 10.2 Å². The van der Waals surface area contributed by atoms with E-state index >= 15 is 0 Å². The lowest BCUT2D eigenvalue weighted by atomic mass is 9.82. The van der Waals surface area contributed by atoms with Crippen LogP contribution in [0.3, 0.4) is 0 Å². The smallest absolute Gasteiger partial charge is 0.211 e. The molecule has 0 amide bonds. The minimum Gasteiger partial charge on any atom is -0.411 e. The highest BCUT2D eigenvalue weighted by atomic mass is 32.2. The fraction of sp³-hybridized carbons (Fsp3) is 0.346. The number of hydrogen-bond acceptors (Lipinski definition) is 6. The van der Waals surface area contributed by atoms with E-state index in [1.54, 1.807) is 22.8 Å². The van der Waals surface area contributed by atoms with E-state index in [-0.39, 0.29) is 5.92 Å². The summed E-state index contributed by atoms with van der Waals surface area (Å²) in [5.41, 5.74) is 6.02. The molecule has 4 rings (SSSR count). The largest absolute Gasteiger partial charge is 0.411 e. The summed E-state index contributed by atoms with van der Waals surface area (Å²) in [5.74, 6) is 0.350. The van der Waals surface area contributed by atoms with Gasteiger partial charge >= 0.3 is 0 Å². The Bertz CT molecular complexity index is 1240. The molecule has 1 fully saturated rings. The second-order valence-electron chi connectivity index (χ2n) is 8.89. The third kappa shape index (κ3) is 5.51. The van der Waals surface area contributed by atoms with Gasteiger partial charge in [0.25, 0.3) is 0 Å². The first-order valence-corrected chi connectivity index (χ1v) is 13.3. The Hall–Kier alpha value is -3.10. The zero-order valence-corrected chi connectivity index (χ0v) is 20.3. The van der Waals surface area contributed by atoms with Gasteiger partial charge in [0.05, 0.1) is 24.4 Å². The molecule has 1 aliphatic rings. The molecule has 1 aromatic heterocycles. The van der Waals surface area contributed by atoms with Crippen molar-refractivity contribution in [3.05, 3.63) is 94.8 Å². The number of sulfonamides is 1. The molecule has 1 atom stereocenters. The SMILES string of the molecule is Cc1ccccc1C(CC(=NO)c1ccnnc1)c1ccc(C2CCN(S(C)(=O)=O)CC2)cc1. The molecular formula is C26H30N4O3S. The Balaban J connectivity index is 1.59. The monoisotopic (exact) mass is 478 g/mol. The lowest BCUT2D eigenvalue weighted by molar-refractivity contribution is 0.317. The summed E-state index contributed by atoms with van der Waals surface area (Å²) in [4.78, 5) is 0. The molecule has 0 bridgehead atoms. The standard InChI is InChI=1S/C26H30N4O3S/c1-19-5-3-4-6-24(19)25(17-26(29-31)23-11-14-27-28-18-23)22-9-7-20(8-10-22)21-12-15-30(16-13-21)34(2,32)33/h3-11,14,18,21,25,31H,12-13,15-17H2,1-2H3. The van der Waals surface area contributed by atoms with Crippen LogP contribution in [0.5, 0.6) is 0 Å². The maximum absolute atomic E-state index is 11.8. The molecule has 0 saturated carbocycles. The number of rotatable bonds is 7. The van der Waals surface area contributed by atoms with Gasteiger partial charge in [0.2, 0.25) is 10.0 Å². The minimum atomic E-state index is -3.13. The van der Waals surface area contributed by atoms with Crippen molar-refractivity contribution in [2.24, 2.45) is 5.16 Å². The van der Waals surface area contributed by atoms with Crippen LogP contribution in [0.25, 0.3) is 0 Å². The van der Waals surface area contributed by atoms with Gasteiger partial charge in [-0.15, -0.1) is 0 Å². The molecule has 1 aliphatic heterocycles. The number of aryl methyl sites for hydroxylation is 1. The normalized spacial score (nSPS) is 16.9. The Kier molecular flexibility index (Phi) is 7.38. The summed E-state index contributed by atoms with van der Waals surface area (Å²) in [6, 6.07) is 18.7. The van der Waals surface area contributed by atoms with Gasteiger partial charge in [0.1, 0.15) is 0 Å². The molecule has 178 valence electrons. The number of piperidine rings is 1. The summed E-state index contributed by atoms with van der Waals surface area (Å²) in [6.45, 7) is 3.22. The first-order valence-electron chi connectivity index (χ1n) is 11.5. The van der Waals surface area contributed by atoms with E-state index in [1.807, 2.05) is 12.1 Å². The quantitative estimate of drug-likeness (QED) is 0.310. The average molecular weight is 479 g/mol. The second kappa shape index (κ2) is 10.4. The highest BCUT2D eigenvalue weighted by molar-refractivity contribution is 7.88. The third-order valence-electron chi connectivity index (χ3n) is 6.73. The first-order chi connectivity index (χ1) is 16.4. The second-order valence-corrected chi connectivity index (χ2v) is 10.9. The zero-order chi connectivity index (χ0) is 24.1. The van der Waals surface area contributed by atoms with Crippen LogP contribution < -0.4 is 0 Å². The summed E-state index contributed by atoms with van der Waals surface area (Å²) in [7, 11) is -3.13. The van der Waals surface area contributed by atoms with Crippen LogP contribution in [0, 0.1) is 6.92 Å². The number of oxime groups is 1. The van der Waals surface area contributed by atoms with Crippen LogP contribution >= 0.6 is 0 Å². The van der Waals surface area contributed by atoms with Crippen molar-refractivity contribution >= 4 is 15.7 Å². The number of benzene rings is 2. The lowest BCUT2D eigenvalue weighted by Crippen LogP contribution is -2.37. The molecule has 1 N–H and O–H groups in total. The van der Waals surface area contributed by atoms with E-state index in [1.165, 1.54) is 22.9 Å². The molecule has 34 heavy (non-hydrogen) atoms. The Morgan fingerprint density at radius 3 is 2.38 bits per heavy atom. The van der Waals surface area contributed by atoms with Gasteiger partial charge in [0, 0.05) is 31.0 Å². The fourth-order valence-corrected chi connectivity index (χ4v) is 5.65. The number of nitrogens with zero attached hydrogens (tertiary/aromatic N) is 4. The molecule has 0 radical (unpaired) electrons.